The number of carbonyl (C=O) groups is 1. The first-order valence-electron chi connectivity index (χ1n) is 8.01. The summed E-state index contributed by atoms with van der Waals surface area (Å²) in [6.45, 7) is 4.32. The molecule has 20 heavy (non-hydrogen) atoms. The van der Waals surface area contributed by atoms with E-state index in [1.165, 1.54) is 31.2 Å². The lowest BCUT2D eigenvalue weighted by atomic mass is 9.95. The average molecular weight is 273 g/mol. The molecule has 1 aromatic rings. The number of rotatable bonds is 6. The Morgan fingerprint density at radius 3 is 2.45 bits per heavy atom. The van der Waals surface area contributed by atoms with Crippen molar-refractivity contribution >= 4 is 5.91 Å². The minimum atomic E-state index is 0.132. The third kappa shape index (κ3) is 4.36. The van der Waals surface area contributed by atoms with Crippen LogP contribution < -0.4 is 5.32 Å². The lowest BCUT2D eigenvalue weighted by Gasteiger charge is -2.23. The van der Waals surface area contributed by atoms with E-state index in [1.54, 1.807) is 0 Å². The number of amides is 1. The van der Waals surface area contributed by atoms with Gasteiger partial charge in [0.2, 0.25) is 5.91 Å². The minimum absolute atomic E-state index is 0.132. The number of hydrogen-bond donors (Lipinski definition) is 1. The van der Waals surface area contributed by atoms with Gasteiger partial charge >= 0.3 is 0 Å². The predicted octanol–water partition coefficient (Wildman–Crippen LogP) is 4.47. The Morgan fingerprint density at radius 2 is 1.85 bits per heavy atom. The molecule has 1 aliphatic carbocycles. The first kappa shape index (κ1) is 15.1. The normalized spacial score (nSPS) is 17.4. The molecular formula is C18H27NO. The summed E-state index contributed by atoms with van der Waals surface area (Å²) in [4.78, 5) is 12.2. The summed E-state index contributed by atoms with van der Waals surface area (Å²) >= 11 is 0. The Morgan fingerprint density at radius 1 is 1.20 bits per heavy atom. The summed E-state index contributed by atoms with van der Waals surface area (Å²) in [7, 11) is 0. The molecule has 110 valence electrons. The Kier molecular flexibility index (Phi) is 5.63. The van der Waals surface area contributed by atoms with E-state index in [4.69, 9.17) is 0 Å². The maximum atomic E-state index is 12.2. The monoisotopic (exact) mass is 273 g/mol. The highest BCUT2D eigenvalue weighted by Crippen LogP contribution is 2.29. The van der Waals surface area contributed by atoms with Gasteiger partial charge in [0.1, 0.15) is 0 Å². The highest BCUT2D eigenvalue weighted by Gasteiger charge is 2.20. The van der Waals surface area contributed by atoms with Crippen molar-refractivity contribution in [3.05, 3.63) is 35.9 Å². The zero-order valence-corrected chi connectivity index (χ0v) is 12.8. The summed E-state index contributed by atoms with van der Waals surface area (Å²) in [5.74, 6) is 1.40. The van der Waals surface area contributed by atoms with Crippen LogP contribution in [0.3, 0.4) is 0 Å². The predicted molar refractivity (Wildman–Crippen MR) is 83.4 cm³/mol. The van der Waals surface area contributed by atoms with Crippen molar-refractivity contribution in [1.82, 2.24) is 5.32 Å². The molecule has 0 spiro atoms. The van der Waals surface area contributed by atoms with Crippen LogP contribution in [0.15, 0.2) is 30.3 Å². The molecule has 1 amide bonds. The van der Waals surface area contributed by atoms with E-state index in [9.17, 15) is 4.79 Å². The van der Waals surface area contributed by atoms with Crippen molar-refractivity contribution in [3.8, 4) is 0 Å². The molecule has 2 heteroatoms. The van der Waals surface area contributed by atoms with Gasteiger partial charge in [-0.1, -0.05) is 69.9 Å². The lowest BCUT2D eigenvalue weighted by Crippen LogP contribution is -2.31. The molecule has 0 saturated heterocycles. The van der Waals surface area contributed by atoms with Crippen LogP contribution in [0, 0.1) is 11.8 Å². The van der Waals surface area contributed by atoms with E-state index < -0.39 is 0 Å². The van der Waals surface area contributed by atoms with Crippen molar-refractivity contribution in [2.45, 2.75) is 58.4 Å². The number of hydrogen-bond acceptors (Lipinski definition) is 1. The van der Waals surface area contributed by atoms with Crippen LogP contribution in [0.5, 0.6) is 0 Å². The third-order valence-electron chi connectivity index (χ3n) is 4.40. The van der Waals surface area contributed by atoms with Gasteiger partial charge in [-0.2, -0.15) is 0 Å². The van der Waals surface area contributed by atoms with Crippen LogP contribution in [0.4, 0.5) is 0 Å². The zero-order chi connectivity index (χ0) is 14.4. The average Bonchev–Trinajstić information content (AvgIpc) is 2.96. The Balaban J connectivity index is 1.86. The van der Waals surface area contributed by atoms with E-state index >= 15 is 0 Å². The fourth-order valence-corrected chi connectivity index (χ4v) is 3.18. The van der Waals surface area contributed by atoms with Crippen LogP contribution in [-0.2, 0) is 4.79 Å². The van der Waals surface area contributed by atoms with Gasteiger partial charge in [0.25, 0.3) is 0 Å². The fraction of sp³-hybridized carbons (Fsp3) is 0.611. The summed E-state index contributed by atoms with van der Waals surface area (Å²) in [6, 6.07) is 10.4. The number of carbonyl (C=O) groups excluding carboxylic acids is 1. The van der Waals surface area contributed by atoms with Gasteiger partial charge in [-0.3, -0.25) is 4.79 Å². The highest BCUT2D eigenvalue weighted by atomic mass is 16.1. The van der Waals surface area contributed by atoms with Gasteiger partial charge < -0.3 is 5.32 Å². The van der Waals surface area contributed by atoms with Crippen LogP contribution >= 0.6 is 0 Å². The maximum Gasteiger partial charge on any atom is 0.220 e. The second-order valence-corrected chi connectivity index (χ2v) is 6.39. The van der Waals surface area contributed by atoms with E-state index in [0.29, 0.717) is 12.3 Å². The number of benzene rings is 1. The topological polar surface area (TPSA) is 29.1 Å². The van der Waals surface area contributed by atoms with E-state index in [2.05, 4.69) is 31.3 Å². The molecule has 0 aromatic heterocycles. The van der Waals surface area contributed by atoms with Crippen molar-refractivity contribution in [2.75, 3.05) is 0 Å². The molecule has 0 radical (unpaired) electrons. The van der Waals surface area contributed by atoms with Gasteiger partial charge in [0.15, 0.2) is 0 Å². The summed E-state index contributed by atoms with van der Waals surface area (Å²) in [5.41, 5.74) is 1.21. The number of nitrogens with one attached hydrogen (secondary N) is 1. The quantitative estimate of drug-likeness (QED) is 0.814. The van der Waals surface area contributed by atoms with E-state index in [-0.39, 0.29) is 11.9 Å². The van der Waals surface area contributed by atoms with E-state index in [0.717, 1.165) is 12.3 Å². The highest BCUT2D eigenvalue weighted by molar-refractivity contribution is 5.76. The van der Waals surface area contributed by atoms with Crippen LogP contribution in [-0.4, -0.2) is 5.91 Å². The van der Waals surface area contributed by atoms with Gasteiger partial charge in [0, 0.05) is 6.42 Å². The van der Waals surface area contributed by atoms with Crippen molar-refractivity contribution < 1.29 is 4.79 Å². The van der Waals surface area contributed by atoms with Gasteiger partial charge in [-0.25, -0.2) is 0 Å². The summed E-state index contributed by atoms with van der Waals surface area (Å²) < 4.78 is 0. The molecule has 2 rings (SSSR count). The van der Waals surface area contributed by atoms with Gasteiger partial charge in [-0.05, 0) is 23.8 Å². The molecule has 1 aliphatic rings. The largest absolute Gasteiger partial charge is 0.349 e. The molecule has 0 bridgehead atoms. The SMILES string of the molecule is CC(C)C(NC(=O)CCC1CCCC1)c1ccccc1. The summed E-state index contributed by atoms with van der Waals surface area (Å²) in [6.07, 6.45) is 7.08. The molecule has 1 fully saturated rings. The van der Waals surface area contributed by atoms with Gasteiger partial charge in [0.05, 0.1) is 6.04 Å². The lowest BCUT2D eigenvalue weighted by molar-refractivity contribution is -0.122. The first-order valence-corrected chi connectivity index (χ1v) is 8.01. The van der Waals surface area contributed by atoms with Crippen LogP contribution in [0.25, 0.3) is 0 Å². The van der Waals surface area contributed by atoms with Gasteiger partial charge in [-0.15, -0.1) is 0 Å². The molecule has 1 saturated carbocycles. The molecule has 1 aromatic carbocycles. The van der Waals surface area contributed by atoms with Crippen LogP contribution in [0.1, 0.15) is 64.0 Å². The molecule has 0 aliphatic heterocycles. The van der Waals surface area contributed by atoms with Crippen molar-refractivity contribution in [2.24, 2.45) is 11.8 Å². The maximum absolute atomic E-state index is 12.2. The molecule has 1 unspecified atom stereocenters. The summed E-state index contributed by atoms with van der Waals surface area (Å²) in [5, 5.41) is 3.22. The second-order valence-electron chi connectivity index (χ2n) is 6.39. The Labute approximate surface area is 123 Å². The van der Waals surface area contributed by atoms with E-state index in [1.807, 2.05) is 18.2 Å². The zero-order valence-electron chi connectivity index (χ0n) is 12.8. The molecule has 1 atom stereocenters. The fourth-order valence-electron chi connectivity index (χ4n) is 3.18. The Bertz CT molecular complexity index is 407. The first-order chi connectivity index (χ1) is 9.66. The molecule has 0 heterocycles. The molecular weight excluding hydrogens is 246 g/mol. The third-order valence-corrected chi connectivity index (χ3v) is 4.40. The molecule has 2 nitrogen and oxygen atoms in total. The second kappa shape index (κ2) is 7.47. The smallest absolute Gasteiger partial charge is 0.220 e. The van der Waals surface area contributed by atoms with Crippen molar-refractivity contribution in [3.63, 3.8) is 0 Å². The Hall–Kier alpha value is -1.31. The molecule has 1 N–H and O–H groups in total. The van der Waals surface area contributed by atoms with Crippen molar-refractivity contribution in [1.29, 1.82) is 0 Å². The van der Waals surface area contributed by atoms with Crippen LogP contribution in [0.2, 0.25) is 0 Å². The standard InChI is InChI=1S/C18H27NO/c1-14(2)18(16-10-4-3-5-11-16)19-17(20)13-12-15-8-6-7-9-15/h3-5,10-11,14-15,18H,6-9,12-13H2,1-2H3,(H,19,20). The minimum Gasteiger partial charge on any atom is -0.349 e.